The van der Waals surface area contributed by atoms with Crippen molar-refractivity contribution in [3.05, 3.63) is 0 Å². The quantitative estimate of drug-likeness (QED) is 0.784. The van der Waals surface area contributed by atoms with Gasteiger partial charge >= 0.3 is 0 Å². The first-order valence-corrected chi connectivity index (χ1v) is 9.43. The number of nitrogens with one attached hydrogen (secondary N) is 2. The van der Waals surface area contributed by atoms with E-state index in [9.17, 15) is 8.42 Å². The summed E-state index contributed by atoms with van der Waals surface area (Å²) >= 11 is 0. The molecule has 2 aliphatic rings. The highest BCUT2D eigenvalue weighted by atomic mass is 32.2. The van der Waals surface area contributed by atoms with Crippen LogP contribution in [-0.4, -0.2) is 33.3 Å². The van der Waals surface area contributed by atoms with Crippen LogP contribution in [0.5, 0.6) is 0 Å². The zero-order valence-corrected chi connectivity index (χ0v) is 12.8. The Morgan fingerprint density at radius 2 is 1.79 bits per heavy atom. The number of rotatable bonds is 6. The van der Waals surface area contributed by atoms with Gasteiger partial charge in [0, 0.05) is 6.04 Å². The van der Waals surface area contributed by atoms with E-state index in [1.54, 1.807) is 0 Å². The number of hydrogen-bond donors (Lipinski definition) is 2. The molecule has 0 bridgehead atoms. The maximum absolute atomic E-state index is 12.1. The third-order valence-corrected chi connectivity index (χ3v) is 6.23. The van der Waals surface area contributed by atoms with Gasteiger partial charge in [0.1, 0.15) is 0 Å². The molecule has 1 saturated heterocycles. The van der Waals surface area contributed by atoms with Crippen molar-refractivity contribution in [2.45, 2.75) is 57.9 Å². The molecule has 1 aliphatic carbocycles. The summed E-state index contributed by atoms with van der Waals surface area (Å²) in [6.07, 6.45) is 7.92. The average molecular weight is 288 g/mol. The third kappa shape index (κ3) is 5.04. The second-order valence-electron chi connectivity index (χ2n) is 6.25. The summed E-state index contributed by atoms with van der Waals surface area (Å²) in [7, 11) is -3.09. The van der Waals surface area contributed by atoms with Crippen LogP contribution in [-0.2, 0) is 10.0 Å². The molecule has 5 heteroatoms. The van der Waals surface area contributed by atoms with Crippen molar-refractivity contribution in [3.8, 4) is 0 Å². The second kappa shape index (κ2) is 7.04. The van der Waals surface area contributed by atoms with Crippen LogP contribution < -0.4 is 10.0 Å². The molecule has 2 N–H and O–H groups in total. The number of hydrogen-bond acceptors (Lipinski definition) is 3. The molecule has 1 saturated carbocycles. The Kier molecular flexibility index (Phi) is 5.66. The molecule has 2 rings (SSSR count). The van der Waals surface area contributed by atoms with Crippen molar-refractivity contribution >= 4 is 10.0 Å². The summed E-state index contributed by atoms with van der Waals surface area (Å²) in [5.74, 6) is 1.43. The Morgan fingerprint density at radius 3 is 2.42 bits per heavy atom. The highest BCUT2D eigenvalue weighted by Crippen LogP contribution is 2.28. The molecule has 112 valence electrons. The van der Waals surface area contributed by atoms with Crippen LogP contribution in [0.15, 0.2) is 0 Å². The monoisotopic (exact) mass is 288 g/mol. The van der Waals surface area contributed by atoms with E-state index in [4.69, 9.17) is 0 Å². The van der Waals surface area contributed by atoms with Gasteiger partial charge in [0.25, 0.3) is 0 Å². The van der Waals surface area contributed by atoms with E-state index in [2.05, 4.69) is 10.0 Å². The molecule has 1 atom stereocenters. The van der Waals surface area contributed by atoms with E-state index in [0.29, 0.717) is 17.6 Å². The first-order chi connectivity index (χ1) is 9.07. The Morgan fingerprint density at radius 1 is 1.16 bits per heavy atom. The second-order valence-corrected chi connectivity index (χ2v) is 8.13. The Hall–Kier alpha value is -0.130. The summed E-state index contributed by atoms with van der Waals surface area (Å²) in [6.45, 7) is 4.10. The summed E-state index contributed by atoms with van der Waals surface area (Å²) in [4.78, 5) is 0. The molecule has 0 radical (unpaired) electrons. The van der Waals surface area contributed by atoms with Crippen LogP contribution in [0.2, 0.25) is 0 Å². The van der Waals surface area contributed by atoms with Crippen molar-refractivity contribution in [1.82, 2.24) is 10.0 Å². The Bertz CT molecular complexity index is 358. The predicted molar refractivity (Wildman–Crippen MR) is 78.6 cm³/mol. The molecule has 4 nitrogen and oxygen atoms in total. The standard InChI is InChI=1S/C14H28N2O2S/c1-12(14-4-2-3-5-14)16-19(17,18)11-8-13-6-9-15-10-7-13/h12-16H,2-11H2,1H3. The molecule has 0 aromatic carbocycles. The lowest BCUT2D eigenvalue weighted by Crippen LogP contribution is -2.39. The van der Waals surface area contributed by atoms with Crippen LogP contribution in [0.25, 0.3) is 0 Å². The van der Waals surface area contributed by atoms with Crippen LogP contribution >= 0.6 is 0 Å². The number of sulfonamides is 1. The smallest absolute Gasteiger partial charge is 0.211 e. The van der Waals surface area contributed by atoms with Gasteiger partial charge in [-0.15, -0.1) is 0 Å². The molecule has 0 aromatic rings. The summed E-state index contributed by atoms with van der Waals surface area (Å²) in [5.41, 5.74) is 0. The molecular weight excluding hydrogens is 260 g/mol. The first kappa shape index (κ1) is 15.3. The fraction of sp³-hybridized carbons (Fsp3) is 1.00. The molecule has 19 heavy (non-hydrogen) atoms. The maximum Gasteiger partial charge on any atom is 0.211 e. The Labute approximate surface area is 117 Å². The fourth-order valence-electron chi connectivity index (χ4n) is 3.39. The van der Waals surface area contributed by atoms with E-state index in [1.807, 2.05) is 6.92 Å². The molecule has 0 amide bonds. The van der Waals surface area contributed by atoms with Gasteiger partial charge in [-0.2, -0.15) is 0 Å². The minimum Gasteiger partial charge on any atom is -0.317 e. The molecular formula is C14H28N2O2S. The zero-order chi connectivity index (χ0) is 13.7. The van der Waals surface area contributed by atoms with Crippen molar-refractivity contribution in [2.75, 3.05) is 18.8 Å². The van der Waals surface area contributed by atoms with E-state index >= 15 is 0 Å². The minimum absolute atomic E-state index is 0.112. The van der Waals surface area contributed by atoms with Crippen LogP contribution in [0.4, 0.5) is 0 Å². The predicted octanol–water partition coefficient (Wildman–Crippen LogP) is 1.87. The van der Waals surface area contributed by atoms with E-state index in [-0.39, 0.29) is 6.04 Å². The van der Waals surface area contributed by atoms with Crippen molar-refractivity contribution < 1.29 is 8.42 Å². The topological polar surface area (TPSA) is 58.2 Å². The van der Waals surface area contributed by atoms with Gasteiger partial charge in [-0.25, -0.2) is 13.1 Å². The molecule has 2 fully saturated rings. The molecule has 1 aliphatic heterocycles. The highest BCUT2D eigenvalue weighted by Gasteiger charge is 2.25. The highest BCUT2D eigenvalue weighted by molar-refractivity contribution is 7.89. The van der Waals surface area contributed by atoms with Gasteiger partial charge in [0.15, 0.2) is 0 Å². The molecule has 0 spiro atoms. The lowest BCUT2D eigenvalue weighted by molar-refractivity contribution is 0.363. The lowest BCUT2D eigenvalue weighted by Gasteiger charge is -2.24. The van der Waals surface area contributed by atoms with Gasteiger partial charge in [-0.3, -0.25) is 0 Å². The van der Waals surface area contributed by atoms with Gasteiger partial charge < -0.3 is 5.32 Å². The largest absolute Gasteiger partial charge is 0.317 e. The van der Waals surface area contributed by atoms with Crippen LogP contribution in [0.3, 0.4) is 0 Å². The lowest BCUT2D eigenvalue weighted by atomic mass is 9.96. The average Bonchev–Trinajstić information content (AvgIpc) is 2.91. The summed E-state index contributed by atoms with van der Waals surface area (Å²) in [6, 6.07) is 0.112. The number of piperidine rings is 1. The zero-order valence-electron chi connectivity index (χ0n) is 12.0. The van der Waals surface area contributed by atoms with E-state index in [0.717, 1.165) is 32.4 Å². The molecule has 1 unspecified atom stereocenters. The third-order valence-electron chi connectivity index (χ3n) is 4.73. The van der Waals surface area contributed by atoms with Gasteiger partial charge in [-0.05, 0) is 64.0 Å². The van der Waals surface area contributed by atoms with Gasteiger partial charge in [-0.1, -0.05) is 12.8 Å². The SMILES string of the molecule is CC(NS(=O)(=O)CCC1CCNCC1)C1CCCC1. The van der Waals surface area contributed by atoms with Crippen molar-refractivity contribution in [3.63, 3.8) is 0 Å². The molecule has 0 aromatic heterocycles. The first-order valence-electron chi connectivity index (χ1n) is 7.77. The van der Waals surface area contributed by atoms with Crippen molar-refractivity contribution in [2.24, 2.45) is 11.8 Å². The van der Waals surface area contributed by atoms with E-state index in [1.165, 1.54) is 25.7 Å². The van der Waals surface area contributed by atoms with Gasteiger partial charge in [0.2, 0.25) is 10.0 Å². The summed E-state index contributed by atoms with van der Waals surface area (Å²) in [5, 5.41) is 3.32. The van der Waals surface area contributed by atoms with Crippen LogP contribution in [0.1, 0.15) is 51.9 Å². The van der Waals surface area contributed by atoms with E-state index < -0.39 is 10.0 Å². The fourth-order valence-corrected chi connectivity index (χ4v) is 4.91. The van der Waals surface area contributed by atoms with Crippen molar-refractivity contribution in [1.29, 1.82) is 0 Å². The van der Waals surface area contributed by atoms with Crippen LogP contribution in [0, 0.1) is 11.8 Å². The normalized spacial score (nSPS) is 24.7. The summed E-state index contributed by atoms with van der Waals surface area (Å²) < 4.78 is 27.1. The maximum atomic E-state index is 12.1. The Balaban J connectivity index is 1.74. The minimum atomic E-state index is -3.09. The van der Waals surface area contributed by atoms with Gasteiger partial charge in [0.05, 0.1) is 5.75 Å². The molecule has 1 heterocycles.